The van der Waals surface area contributed by atoms with Crippen molar-refractivity contribution in [3.05, 3.63) is 81.5 Å². The second-order valence-corrected chi connectivity index (χ2v) is 10.3. The summed E-state index contributed by atoms with van der Waals surface area (Å²) in [5.74, 6) is -1.41. The van der Waals surface area contributed by atoms with Crippen LogP contribution >= 0.6 is 11.6 Å². The topological polar surface area (TPSA) is 146 Å². The van der Waals surface area contributed by atoms with Gasteiger partial charge in [-0.3, -0.25) is 9.36 Å². The molecule has 218 valence electrons. The predicted molar refractivity (Wildman–Crippen MR) is 140 cm³/mol. The summed E-state index contributed by atoms with van der Waals surface area (Å²) in [6.45, 7) is 2.04. The maximum atomic E-state index is 14.0. The van der Waals surface area contributed by atoms with Crippen LogP contribution in [-0.2, 0) is 13.1 Å². The molecule has 0 aliphatic heterocycles. The first-order valence-corrected chi connectivity index (χ1v) is 12.5. The number of benzene rings is 2. The van der Waals surface area contributed by atoms with Crippen LogP contribution in [0.1, 0.15) is 30.0 Å². The van der Waals surface area contributed by atoms with E-state index in [-0.39, 0.29) is 41.6 Å². The molecule has 0 fully saturated rings. The van der Waals surface area contributed by atoms with Gasteiger partial charge >= 0.3 is 11.9 Å². The van der Waals surface area contributed by atoms with Gasteiger partial charge in [-0.25, -0.2) is 23.5 Å². The molecule has 1 amide bonds. The number of aliphatic hydroxyl groups excluding tert-OH is 1. The molecule has 0 radical (unpaired) electrons. The van der Waals surface area contributed by atoms with Crippen molar-refractivity contribution >= 4 is 17.5 Å². The number of aromatic nitrogens is 6. The van der Waals surface area contributed by atoms with Crippen LogP contribution in [0.2, 0.25) is 5.02 Å². The van der Waals surface area contributed by atoms with E-state index in [0.29, 0.717) is 9.59 Å². The van der Waals surface area contributed by atoms with E-state index in [0.717, 1.165) is 16.8 Å². The van der Waals surface area contributed by atoms with Crippen molar-refractivity contribution in [1.29, 1.82) is 0 Å². The van der Waals surface area contributed by atoms with E-state index in [1.807, 2.05) is 0 Å². The lowest BCUT2D eigenvalue weighted by Gasteiger charge is -2.19. The average Bonchev–Trinajstić information content (AvgIpc) is 3.47. The van der Waals surface area contributed by atoms with Gasteiger partial charge in [0.25, 0.3) is 5.91 Å². The van der Waals surface area contributed by atoms with Gasteiger partial charge < -0.3 is 16.2 Å². The van der Waals surface area contributed by atoms with E-state index in [1.54, 1.807) is 13.8 Å². The molecule has 0 aliphatic carbocycles. The molecule has 4 aromatic rings. The first-order valence-electron chi connectivity index (χ1n) is 12.1. The minimum absolute atomic E-state index is 0.00884. The lowest BCUT2D eigenvalue weighted by molar-refractivity contribution is -0.207. The Morgan fingerprint density at radius 2 is 1.83 bits per heavy atom. The first kappa shape index (κ1) is 29.9. The van der Waals surface area contributed by atoms with Crippen molar-refractivity contribution < 1.29 is 27.5 Å². The normalized spacial score (nSPS) is 12.9. The summed E-state index contributed by atoms with van der Waals surface area (Å²) >= 11 is 5.90. The molecule has 0 saturated carbocycles. The molecule has 16 heteroatoms. The zero-order chi connectivity index (χ0) is 30.1. The molecule has 4 rings (SSSR count). The fraction of sp³-hybridized carbons (Fsp3) is 0.320. The summed E-state index contributed by atoms with van der Waals surface area (Å²) in [6.07, 6.45) is -6.57. The molecule has 11 nitrogen and oxygen atoms in total. The van der Waals surface area contributed by atoms with Gasteiger partial charge in [0.2, 0.25) is 0 Å². The number of hydrogen-bond acceptors (Lipinski definition) is 7. The minimum atomic E-state index is -4.97. The minimum Gasteiger partial charge on any atom is -0.382 e. The van der Waals surface area contributed by atoms with Gasteiger partial charge in [0.1, 0.15) is 18.7 Å². The molecule has 2 heterocycles. The number of carbonyl (C=O) groups is 1. The summed E-state index contributed by atoms with van der Waals surface area (Å²) in [7, 11) is 0. The molecule has 2 aromatic heterocycles. The molecular formula is C25H25ClF4N8O3. The number of rotatable bonds is 9. The van der Waals surface area contributed by atoms with Crippen LogP contribution in [0, 0.1) is 5.82 Å². The SMILES string of the molecule is CC(C)(N)CNC(=O)c1cc(F)ccc1-n1cnc(Cn2nc(-c3ccc(Cl)cc3)n(C[C@H](O)C(F)(F)F)c2=O)n1. The van der Waals surface area contributed by atoms with Crippen LogP contribution in [0.25, 0.3) is 17.1 Å². The molecule has 0 unspecified atom stereocenters. The Hall–Kier alpha value is -4.08. The third kappa shape index (κ3) is 7.17. The number of carbonyl (C=O) groups excluding carboxylic acids is 1. The smallest absolute Gasteiger partial charge is 0.382 e. The van der Waals surface area contributed by atoms with Gasteiger partial charge in [-0.1, -0.05) is 11.6 Å². The summed E-state index contributed by atoms with van der Waals surface area (Å²) in [5, 5.41) is 21.0. The number of halogens is 5. The average molecular weight is 597 g/mol. The number of hydrogen-bond donors (Lipinski definition) is 3. The molecule has 41 heavy (non-hydrogen) atoms. The lowest BCUT2D eigenvalue weighted by atomic mass is 10.1. The maximum absolute atomic E-state index is 14.0. The molecule has 0 aliphatic rings. The Morgan fingerprint density at radius 1 is 1.15 bits per heavy atom. The van der Waals surface area contributed by atoms with Crippen molar-refractivity contribution in [1.82, 2.24) is 34.4 Å². The highest BCUT2D eigenvalue weighted by molar-refractivity contribution is 6.30. The zero-order valence-corrected chi connectivity index (χ0v) is 22.5. The summed E-state index contributed by atoms with van der Waals surface area (Å²) in [5.41, 5.74) is 4.62. The molecule has 0 spiro atoms. The van der Waals surface area contributed by atoms with Gasteiger partial charge in [-0.05, 0) is 56.3 Å². The van der Waals surface area contributed by atoms with E-state index >= 15 is 0 Å². The highest BCUT2D eigenvalue weighted by atomic mass is 35.5. The molecule has 0 saturated heterocycles. The third-order valence-electron chi connectivity index (χ3n) is 5.74. The Labute approximate surface area is 235 Å². The van der Waals surface area contributed by atoms with Gasteiger partial charge in [0, 0.05) is 22.7 Å². The second-order valence-electron chi connectivity index (χ2n) is 9.88. The van der Waals surface area contributed by atoms with Crippen molar-refractivity contribution in [2.24, 2.45) is 5.73 Å². The van der Waals surface area contributed by atoms with Crippen molar-refractivity contribution in [2.45, 2.75) is 44.8 Å². The number of nitrogens with zero attached hydrogens (tertiary/aromatic N) is 6. The Kier molecular flexibility index (Phi) is 8.33. The van der Waals surface area contributed by atoms with E-state index < -0.39 is 41.8 Å². The second kappa shape index (κ2) is 11.4. The van der Waals surface area contributed by atoms with Crippen LogP contribution < -0.4 is 16.7 Å². The Balaban J connectivity index is 1.67. The standard InChI is InChI=1S/C25H25ClF4N8O3/c1-24(2,31)12-32-22(40)17-9-16(27)7-8-18(17)38-13-33-20(34-38)11-37-23(41)36(10-19(39)25(28,29)30)21(35-37)14-3-5-15(26)6-4-14/h3-9,13,19,39H,10-12,31H2,1-2H3,(H,32,40)/t19-/m0/s1. The van der Waals surface area contributed by atoms with Gasteiger partial charge in [-0.15, -0.1) is 10.2 Å². The lowest BCUT2D eigenvalue weighted by Crippen LogP contribution is -2.45. The van der Waals surface area contributed by atoms with E-state index in [2.05, 4.69) is 20.5 Å². The number of nitrogens with one attached hydrogen (secondary N) is 1. The fourth-order valence-corrected chi connectivity index (χ4v) is 3.84. The molecular weight excluding hydrogens is 572 g/mol. The summed E-state index contributed by atoms with van der Waals surface area (Å²) < 4.78 is 56.0. The number of alkyl halides is 3. The fourth-order valence-electron chi connectivity index (χ4n) is 3.71. The van der Waals surface area contributed by atoms with E-state index in [1.165, 1.54) is 41.3 Å². The Bertz CT molecular complexity index is 1610. The van der Waals surface area contributed by atoms with Gasteiger partial charge in [0.05, 0.1) is 17.8 Å². The third-order valence-corrected chi connectivity index (χ3v) is 6.00. The molecule has 2 aromatic carbocycles. The summed E-state index contributed by atoms with van der Waals surface area (Å²) in [6, 6.07) is 9.32. The van der Waals surface area contributed by atoms with Crippen molar-refractivity contribution in [3.8, 4) is 17.1 Å². The number of aliphatic hydroxyl groups is 1. The number of nitrogens with two attached hydrogens (primary N) is 1. The van der Waals surface area contributed by atoms with Crippen LogP contribution in [0.15, 0.2) is 53.6 Å². The van der Waals surface area contributed by atoms with Gasteiger partial charge in [0.15, 0.2) is 17.8 Å². The quantitative estimate of drug-likeness (QED) is 0.252. The maximum Gasteiger partial charge on any atom is 0.416 e. The number of amides is 1. The monoisotopic (exact) mass is 596 g/mol. The van der Waals surface area contributed by atoms with Crippen LogP contribution in [-0.4, -0.2) is 64.5 Å². The molecule has 1 atom stereocenters. The van der Waals surface area contributed by atoms with E-state index in [9.17, 15) is 32.3 Å². The highest BCUT2D eigenvalue weighted by Gasteiger charge is 2.39. The Morgan fingerprint density at radius 3 is 2.46 bits per heavy atom. The highest BCUT2D eigenvalue weighted by Crippen LogP contribution is 2.24. The van der Waals surface area contributed by atoms with Crippen LogP contribution in [0.3, 0.4) is 0 Å². The summed E-state index contributed by atoms with van der Waals surface area (Å²) in [4.78, 5) is 30.0. The van der Waals surface area contributed by atoms with Gasteiger partial charge in [-0.2, -0.15) is 13.2 Å². The predicted octanol–water partition coefficient (Wildman–Crippen LogP) is 2.52. The first-order chi connectivity index (χ1) is 19.1. The van der Waals surface area contributed by atoms with Crippen LogP contribution in [0.4, 0.5) is 17.6 Å². The molecule has 4 N–H and O–H groups in total. The zero-order valence-electron chi connectivity index (χ0n) is 21.7. The van der Waals surface area contributed by atoms with E-state index in [4.69, 9.17) is 17.3 Å². The largest absolute Gasteiger partial charge is 0.416 e. The van der Waals surface area contributed by atoms with Crippen molar-refractivity contribution in [3.63, 3.8) is 0 Å². The van der Waals surface area contributed by atoms with Crippen LogP contribution in [0.5, 0.6) is 0 Å². The molecule has 0 bridgehead atoms. The van der Waals surface area contributed by atoms with Crippen molar-refractivity contribution in [2.75, 3.05) is 6.54 Å².